The van der Waals surface area contributed by atoms with E-state index >= 15 is 0 Å². The first-order chi connectivity index (χ1) is 10.6. The lowest BCUT2D eigenvalue weighted by molar-refractivity contribution is 0.0674. The van der Waals surface area contributed by atoms with Crippen LogP contribution in [0.3, 0.4) is 0 Å². The third-order valence-corrected chi connectivity index (χ3v) is 4.41. The summed E-state index contributed by atoms with van der Waals surface area (Å²) in [4.78, 5) is 19.1. The maximum Gasteiger partial charge on any atom is 0.255 e. The van der Waals surface area contributed by atoms with Gasteiger partial charge in [-0.3, -0.25) is 9.48 Å². The summed E-state index contributed by atoms with van der Waals surface area (Å²) in [6.45, 7) is 4.57. The van der Waals surface area contributed by atoms with Crippen LogP contribution in [0.2, 0.25) is 0 Å². The van der Waals surface area contributed by atoms with E-state index in [9.17, 15) is 4.79 Å². The second kappa shape index (κ2) is 6.04. The predicted molar refractivity (Wildman–Crippen MR) is 85.8 cm³/mol. The Morgan fingerprint density at radius 3 is 3.09 bits per heavy atom. The first-order valence-electron chi connectivity index (χ1n) is 7.83. The third kappa shape index (κ3) is 2.70. The lowest BCUT2D eigenvalue weighted by atomic mass is 9.97. The molecular weight excluding hydrogens is 278 g/mol. The van der Waals surface area contributed by atoms with Crippen LogP contribution in [0.15, 0.2) is 12.3 Å². The van der Waals surface area contributed by atoms with Gasteiger partial charge in [-0.1, -0.05) is 0 Å². The number of fused-ring (bicyclic) bond motifs is 1. The zero-order valence-corrected chi connectivity index (χ0v) is 13.5. The van der Waals surface area contributed by atoms with Gasteiger partial charge in [0.2, 0.25) is 0 Å². The molecule has 1 atom stereocenters. The number of pyridine rings is 1. The number of aromatic nitrogens is 3. The highest BCUT2D eigenvalue weighted by atomic mass is 16.2. The number of rotatable bonds is 3. The summed E-state index contributed by atoms with van der Waals surface area (Å²) in [5.74, 6) is 0.623. The van der Waals surface area contributed by atoms with E-state index in [2.05, 4.69) is 15.4 Å². The van der Waals surface area contributed by atoms with E-state index in [1.54, 1.807) is 10.9 Å². The summed E-state index contributed by atoms with van der Waals surface area (Å²) >= 11 is 0. The van der Waals surface area contributed by atoms with Crippen molar-refractivity contribution < 1.29 is 4.79 Å². The minimum Gasteiger partial charge on any atom is -0.338 e. The van der Waals surface area contributed by atoms with Crippen LogP contribution in [0.4, 0.5) is 0 Å². The number of carbonyl (C=O) groups is 1. The summed E-state index contributed by atoms with van der Waals surface area (Å²) < 4.78 is 1.75. The molecule has 6 nitrogen and oxygen atoms in total. The molecule has 2 aromatic rings. The average Bonchev–Trinajstić information content (AvgIpc) is 2.81. The largest absolute Gasteiger partial charge is 0.338 e. The van der Waals surface area contributed by atoms with Crippen LogP contribution in [-0.2, 0) is 7.05 Å². The highest BCUT2D eigenvalue weighted by molar-refractivity contribution is 5.97. The quantitative estimate of drug-likeness (QED) is 0.929. The molecule has 3 heterocycles. The second-order valence-corrected chi connectivity index (χ2v) is 6.12. The Balaban J connectivity index is 1.84. The molecule has 0 saturated carbocycles. The number of hydrogen-bond donors (Lipinski definition) is 1. The van der Waals surface area contributed by atoms with Gasteiger partial charge in [-0.05, 0) is 45.3 Å². The Kier molecular flexibility index (Phi) is 4.11. The van der Waals surface area contributed by atoms with Crippen molar-refractivity contribution in [3.8, 4) is 0 Å². The first-order valence-corrected chi connectivity index (χ1v) is 7.83. The molecule has 0 bridgehead atoms. The summed E-state index contributed by atoms with van der Waals surface area (Å²) in [5, 5.41) is 8.53. The average molecular weight is 301 g/mol. The summed E-state index contributed by atoms with van der Waals surface area (Å²) in [6, 6.07) is 1.93. The van der Waals surface area contributed by atoms with Crippen LogP contribution >= 0.6 is 0 Å². The van der Waals surface area contributed by atoms with Crippen molar-refractivity contribution in [2.75, 3.05) is 26.7 Å². The summed E-state index contributed by atoms with van der Waals surface area (Å²) in [5.41, 5.74) is 2.39. The minimum atomic E-state index is 0.0819. The molecular formula is C16H23N5O. The first kappa shape index (κ1) is 15.0. The Morgan fingerprint density at radius 2 is 2.32 bits per heavy atom. The second-order valence-electron chi connectivity index (χ2n) is 6.12. The van der Waals surface area contributed by atoms with Gasteiger partial charge in [0.05, 0.1) is 11.3 Å². The van der Waals surface area contributed by atoms with Gasteiger partial charge in [0.15, 0.2) is 5.65 Å². The molecule has 1 saturated heterocycles. The molecule has 1 fully saturated rings. The van der Waals surface area contributed by atoms with Crippen molar-refractivity contribution in [3.05, 3.63) is 23.5 Å². The number of carbonyl (C=O) groups excluding carboxylic acids is 1. The van der Waals surface area contributed by atoms with Crippen molar-refractivity contribution >= 4 is 16.9 Å². The molecule has 2 aromatic heterocycles. The van der Waals surface area contributed by atoms with E-state index in [0.29, 0.717) is 11.5 Å². The maximum atomic E-state index is 12.7. The van der Waals surface area contributed by atoms with Gasteiger partial charge in [0.1, 0.15) is 0 Å². The molecule has 1 aliphatic rings. The monoisotopic (exact) mass is 301 g/mol. The molecule has 22 heavy (non-hydrogen) atoms. The molecule has 0 aromatic carbocycles. The lowest BCUT2D eigenvalue weighted by Gasteiger charge is -2.32. The van der Waals surface area contributed by atoms with E-state index in [1.165, 1.54) is 6.42 Å². The van der Waals surface area contributed by atoms with Crippen LogP contribution in [-0.4, -0.2) is 52.3 Å². The molecule has 1 aliphatic heterocycles. The van der Waals surface area contributed by atoms with Gasteiger partial charge in [-0.15, -0.1) is 0 Å². The van der Waals surface area contributed by atoms with Gasteiger partial charge >= 0.3 is 0 Å². The molecule has 0 spiro atoms. The third-order valence-electron chi connectivity index (χ3n) is 4.41. The fraction of sp³-hybridized carbons (Fsp3) is 0.562. The standard InChI is InChI=1S/C16H23N5O/c1-11-14-7-13(9-18-15(14)20(3)19-11)16(22)21-6-4-5-12(10-21)8-17-2/h7,9,12,17H,4-6,8,10H2,1-3H3. The fourth-order valence-electron chi connectivity index (χ4n) is 3.31. The number of amides is 1. The van der Waals surface area contributed by atoms with Crippen molar-refractivity contribution in [1.82, 2.24) is 25.0 Å². The molecule has 0 radical (unpaired) electrons. The summed E-state index contributed by atoms with van der Waals surface area (Å²) in [6.07, 6.45) is 3.93. The molecule has 1 amide bonds. The van der Waals surface area contributed by atoms with E-state index < -0.39 is 0 Å². The van der Waals surface area contributed by atoms with E-state index in [-0.39, 0.29) is 5.91 Å². The number of likely N-dealkylation sites (tertiary alicyclic amines) is 1. The maximum absolute atomic E-state index is 12.7. The van der Waals surface area contributed by atoms with Gasteiger partial charge in [0, 0.05) is 31.7 Å². The SMILES string of the molecule is CNCC1CCCN(C(=O)c2cnc3c(c2)c(C)nn3C)C1. The molecule has 0 aliphatic carbocycles. The van der Waals surface area contributed by atoms with E-state index in [4.69, 9.17) is 0 Å². The smallest absolute Gasteiger partial charge is 0.255 e. The van der Waals surface area contributed by atoms with Crippen LogP contribution in [0.1, 0.15) is 28.9 Å². The zero-order chi connectivity index (χ0) is 15.7. The van der Waals surface area contributed by atoms with Crippen LogP contribution in [0.5, 0.6) is 0 Å². The van der Waals surface area contributed by atoms with Crippen molar-refractivity contribution in [2.24, 2.45) is 13.0 Å². The number of nitrogens with zero attached hydrogens (tertiary/aromatic N) is 4. The van der Waals surface area contributed by atoms with Crippen LogP contribution in [0, 0.1) is 12.8 Å². The lowest BCUT2D eigenvalue weighted by Crippen LogP contribution is -2.42. The normalized spacial score (nSPS) is 18.9. The Hall–Kier alpha value is -1.95. The Bertz CT molecular complexity index is 691. The van der Waals surface area contributed by atoms with Crippen LogP contribution < -0.4 is 5.32 Å². The van der Waals surface area contributed by atoms with Crippen LogP contribution in [0.25, 0.3) is 11.0 Å². The Labute approximate surface area is 130 Å². The van der Waals surface area contributed by atoms with E-state index in [0.717, 1.165) is 42.8 Å². The Morgan fingerprint density at radius 1 is 1.50 bits per heavy atom. The topological polar surface area (TPSA) is 63.1 Å². The van der Waals surface area contributed by atoms with Gasteiger partial charge in [-0.2, -0.15) is 5.10 Å². The van der Waals surface area contributed by atoms with Gasteiger partial charge in [-0.25, -0.2) is 4.98 Å². The summed E-state index contributed by atoms with van der Waals surface area (Å²) in [7, 11) is 3.83. The number of aryl methyl sites for hydroxylation is 2. The number of nitrogens with one attached hydrogen (secondary N) is 1. The van der Waals surface area contributed by atoms with Crippen molar-refractivity contribution in [1.29, 1.82) is 0 Å². The fourth-order valence-corrected chi connectivity index (χ4v) is 3.31. The number of hydrogen-bond acceptors (Lipinski definition) is 4. The predicted octanol–water partition coefficient (Wildman–Crippen LogP) is 1.35. The minimum absolute atomic E-state index is 0.0819. The highest BCUT2D eigenvalue weighted by Gasteiger charge is 2.24. The molecule has 1 N–H and O–H groups in total. The highest BCUT2D eigenvalue weighted by Crippen LogP contribution is 2.21. The molecule has 118 valence electrons. The molecule has 6 heteroatoms. The van der Waals surface area contributed by atoms with Gasteiger partial charge < -0.3 is 10.2 Å². The van der Waals surface area contributed by atoms with Gasteiger partial charge in [0.25, 0.3) is 5.91 Å². The zero-order valence-electron chi connectivity index (χ0n) is 13.5. The van der Waals surface area contributed by atoms with Crippen molar-refractivity contribution in [3.63, 3.8) is 0 Å². The molecule has 1 unspecified atom stereocenters. The number of piperidine rings is 1. The van der Waals surface area contributed by atoms with Crippen molar-refractivity contribution in [2.45, 2.75) is 19.8 Å². The van der Waals surface area contributed by atoms with E-state index in [1.807, 2.05) is 32.0 Å². The molecule has 3 rings (SSSR count).